The number of aryl methyl sites for hydroxylation is 1. The molecule has 1 aromatic heterocycles. The molecule has 1 saturated heterocycles. The first-order valence-electron chi connectivity index (χ1n) is 10.2. The van der Waals surface area contributed by atoms with Crippen LogP contribution in [0, 0.1) is 13.8 Å². The van der Waals surface area contributed by atoms with Crippen LogP contribution in [0.2, 0.25) is 0 Å². The van der Waals surface area contributed by atoms with Gasteiger partial charge in [0.15, 0.2) is 0 Å². The van der Waals surface area contributed by atoms with Gasteiger partial charge < -0.3 is 15.5 Å². The lowest BCUT2D eigenvalue weighted by atomic mass is 10.1. The largest absolute Gasteiger partial charge is 0.325 e. The second kappa shape index (κ2) is 8.93. The van der Waals surface area contributed by atoms with Gasteiger partial charge in [-0.1, -0.05) is 12.1 Å². The van der Waals surface area contributed by atoms with Gasteiger partial charge >= 0.3 is 6.03 Å². The molecule has 2 aromatic carbocycles. The number of carbonyl (C=O) groups is 2. The van der Waals surface area contributed by atoms with Crippen molar-refractivity contribution in [3.8, 4) is 5.69 Å². The van der Waals surface area contributed by atoms with Crippen LogP contribution in [0.4, 0.5) is 16.2 Å². The summed E-state index contributed by atoms with van der Waals surface area (Å²) in [6.45, 7) is 5.45. The molecule has 31 heavy (non-hydrogen) atoms. The summed E-state index contributed by atoms with van der Waals surface area (Å²) in [6, 6.07) is 14.3. The van der Waals surface area contributed by atoms with E-state index < -0.39 is 0 Å². The summed E-state index contributed by atoms with van der Waals surface area (Å²) in [7, 11) is 0. The van der Waals surface area contributed by atoms with E-state index in [0.717, 1.165) is 47.5 Å². The molecule has 0 bridgehead atoms. The lowest BCUT2D eigenvalue weighted by Gasteiger charge is -2.18. The van der Waals surface area contributed by atoms with E-state index in [2.05, 4.69) is 31.7 Å². The van der Waals surface area contributed by atoms with E-state index >= 15 is 0 Å². The third-order valence-electron chi connectivity index (χ3n) is 5.39. The fraction of sp³-hybridized carbons (Fsp3) is 0.261. The molecule has 2 N–H and O–H groups in total. The Morgan fingerprint density at radius 2 is 1.55 bits per heavy atom. The van der Waals surface area contributed by atoms with E-state index in [1.807, 2.05) is 42.8 Å². The average molecular weight is 482 g/mol. The topological polar surface area (TPSA) is 79.3 Å². The van der Waals surface area contributed by atoms with Crippen molar-refractivity contribution in [2.75, 3.05) is 23.7 Å². The van der Waals surface area contributed by atoms with Crippen molar-refractivity contribution >= 4 is 39.2 Å². The third-order valence-corrected chi connectivity index (χ3v) is 6.53. The van der Waals surface area contributed by atoms with Gasteiger partial charge in [-0.25, -0.2) is 9.48 Å². The minimum Gasteiger partial charge on any atom is -0.325 e. The number of halogens is 1. The van der Waals surface area contributed by atoms with E-state index in [1.165, 1.54) is 0 Å². The highest BCUT2D eigenvalue weighted by molar-refractivity contribution is 9.10. The molecule has 4 rings (SSSR count). The van der Waals surface area contributed by atoms with Crippen molar-refractivity contribution in [3.63, 3.8) is 0 Å². The van der Waals surface area contributed by atoms with E-state index in [9.17, 15) is 9.59 Å². The zero-order valence-electron chi connectivity index (χ0n) is 17.5. The second-order valence-electron chi connectivity index (χ2n) is 7.57. The van der Waals surface area contributed by atoms with Crippen LogP contribution in [0.3, 0.4) is 0 Å². The highest BCUT2D eigenvalue weighted by atomic mass is 79.9. The van der Waals surface area contributed by atoms with Gasteiger partial charge in [-0.05, 0) is 79.0 Å². The first-order valence-corrected chi connectivity index (χ1v) is 11.0. The van der Waals surface area contributed by atoms with Gasteiger partial charge in [-0.3, -0.25) is 4.79 Å². The van der Waals surface area contributed by atoms with Gasteiger partial charge in [0.25, 0.3) is 5.91 Å². The van der Waals surface area contributed by atoms with Crippen LogP contribution in [-0.2, 0) is 0 Å². The van der Waals surface area contributed by atoms with Crippen LogP contribution in [-0.4, -0.2) is 39.7 Å². The normalized spacial score (nSPS) is 13.3. The zero-order valence-corrected chi connectivity index (χ0v) is 19.1. The van der Waals surface area contributed by atoms with Gasteiger partial charge in [0.1, 0.15) is 0 Å². The maximum absolute atomic E-state index is 12.8. The van der Waals surface area contributed by atoms with E-state index in [4.69, 9.17) is 0 Å². The van der Waals surface area contributed by atoms with Crippen molar-refractivity contribution in [1.82, 2.24) is 14.7 Å². The molecular formula is C23H24BrN5O2. The van der Waals surface area contributed by atoms with Gasteiger partial charge in [0.05, 0.1) is 32.9 Å². The maximum atomic E-state index is 12.8. The minimum absolute atomic E-state index is 0.139. The number of likely N-dealkylation sites (tertiary alicyclic amines) is 1. The number of nitrogens with one attached hydrogen (secondary N) is 2. The fourth-order valence-corrected chi connectivity index (χ4v) is 3.89. The van der Waals surface area contributed by atoms with Crippen molar-refractivity contribution in [2.45, 2.75) is 26.7 Å². The summed E-state index contributed by atoms with van der Waals surface area (Å²) in [5.41, 5.74) is 4.44. The molecular weight excluding hydrogens is 458 g/mol. The number of rotatable bonds is 4. The third kappa shape index (κ3) is 4.49. The van der Waals surface area contributed by atoms with Crippen molar-refractivity contribution in [1.29, 1.82) is 0 Å². The SMILES string of the molecule is Cc1nn(-c2ccc(C(=O)Nc3ccccc3NC(=O)N3CCCC3)cc2)c(C)c1Br. The van der Waals surface area contributed by atoms with Gasteiger partial charge in [0, 0.05) is 18.7 Å². The Morgan fingerprint density at radius 3 is 2.13 bits per heavy atom. The van der Waals surface area contributed by atoms with Gasteiger partial charge in [0.2, 0.25) is 0 Å². The molecule has 1 aliphatic rings. The Labute approximate surface area is 189 Å². The standard InChI is InChI=1S/C23H24BrN5O2/c1-15-21(24)16(2)29(27-15)18-11-9-17(10-12-18)22(30)25-19-7-3-4-8-20(19)26-23(31)28-13-5-6-14-28/h3-4,7-12H,5-6,13-14H2,1-2H3,(H,25,30)(H,26,31). The number of anilines is 2. The Kier molecular flexibility index (Phi) is 6.08. The molecule has 0 radical (unpaired) electrons. The first kappa shape index (κ1) is 21.1. The number of para-hydroxylation sites is 2. The Morgan fingerprint density at radius 1 is 0.935 bits per heavy atom. The number of hydrogen-bond acceptors (Lipinski definition) is 3. The molecule has 7 nitrogen and oxygen atoms in total. The molecule has 1 fully saturated rings. The fourth-order valence-electron chi connectivity index (χ4n) is 3.64. The van der Waals surface area contributed by atoms with Gasteiger partial charge in [-0.2, -0.15) is 5.10 Å². The Balaban J connectivity index is 1.48. The highest BCUT2D eigenvalue weighted by Crippen LogP contribution is 2.25. The quantitative estimate of drug-likeness (QED) is 0.541. The van der Waals surface area contributed by atoms with Crippen LogP contribution < -0.4 is 10.6 Å². The second-order valence-corrected chi connectivity index (χ2v) is 8.36. The lowest BCUT2D eigenvalue weighted by molar-refractivity contribution is 0.102. The predicted octanol–water partition coefficient (Wildman–Crippen LogP) is 5.13. The number of aromatic nitrogens is 2. The molecule has 0 spiro atoms. The molecule has 0 atom stereocenters. The van der Waals surface area contributed by atoms with Crippen LogP contribution in [0.1, 0.15) is 34.6 Å². The number of carbonyl (C=O) groups excluding carboxylic acids is 2. The average Bonchev–Trinajstić information content (AvgIpc) is 3.40. The number of hydrogen-bond donors (Lipinski definition) is 2. The summed E-state index contributed by atoms with van der Waals surface area (Å²) in [6.07, 6.45) is 2.05. The van der Waals surface area contributed by atoms with Crippen LogP contribution >= 0.6 is 15.9 Å². The summed E-state index contributed by atoms with van der Waals surface area (Å²) in [4.78, 5) is 27.0. The summed E-state index contributed by atoms with van der Waals surface area (Å²) in [5, 5.41) is 10.3. The Hall–Kier alpha value is -3.13. The Bertz CT molecular complexity index is 1120. The highest BCUT2D eigenvalue weighted by Gasteiger charge is 2.19. The van der Waals surface area contributed by atoms with E-state index in [-0.39, 0.29) is 11.9 Å². The van der Waals surface area contributed by atoms with Crippen molar-refractivity contribution < 1.29 is 9.59 Å². The number of urea groups is 1. The van der Waals surface area contributed by atoms with Crippen molar-refractivity contribution in [2.24, 2.45) is 0 Å². The number of benzene rings is 2. The summed E-state index contributed by atoms with van der Waals surface area (Å²) < 4.78 is 2.81. The maximum Gasteiger partial charge on any atom is 0.321 e. The monoisotopic (exact) mass is 481 g/mol. The molecule has 0 unspecified atom stereocenters. The minimum atomic E-state index is -0.246. The molecule has 0 saturated carbocycles. The van der Waals surface area contributed by atoms with Crippen molar-refractivity contribution in [3.05, 3.63) is 70.0 Å². The molecule has 1 aliphatic heterocycles. The first-order chi connectivity index (χ1) is 14.9. The van der Waals surface area contributed by atoms with Crippen LogP contribution in [0.15, 0.2) is 53.0 Å². The number of nitrogens with zero attached hydrogens (tertiary/aromatic N) is 3. The van der Waals surface area contributed by atoms with E-state index in [1.54, 1.807) is 29.2 Å². The van der Waals surface area contributed by atoms with E-state index in [0.29, 0.717) is 16.9 Å². The molecule has 0 aliphatic carbocycles. The molecule has 3 aromatic rings. The molecule has 160 valence electrons. The number of amides is 3. The predicted molar refractivity (Wildman–Crippen MR) is 125 cm³/mol. The molecule has 2 heterocycles. The zero-order chi connectivity index (χ0) is 22.0. The summed E-state index contributed by atoms with van der Waals surface area (Å²) >= 11 is 3.54. The molecule has 3 amide bonds. The lowest BCUT2D eigenvalue weighted by Crippen LogP contribution is -2.32. The van der Waals surface area contributed by atoms with Gasteiger partial charge in [-0.15, -0.1) is 0 Å². The molecule has 8 heteroatoms. The van der Waals surface area contributed by atoms with Crippen LogP contribution in [0.5, 0.6) is 0 Å². The summed E-state index contributed by atoms with van der Waals surface area (Å²) in [5.74, 6) is -0.246. The smallest absolute Gasteiger partial charge is 0.321 e. The van der Waals surface area contributed by atoms with Crippen LogP contribution in [0.25, 0.3) is 5.69 Å².